The fourth-order valence-corrected chi connectivity index (χ4v) is 4.28. The predicted molar refractivity (Wildman–Crippen MR) is 132 cm³/mol. The van der Waals surface area contributed by atoms with E-state index >= 15 is 0 Å². The summed E-state index contributed by atoms with van der Waals surface area (Å²) in [6.07, 6.45) is 1.37. The van der Waals surface area contributed by atoms with E-state index in [1.807, 2.05) is 4.90 Å². The lowest BCUT2D eigenvalue weighted by Crippen LogP contribution is -2.47. The monoisotopic (exact) mass is 492 g/mol. The molecule has 11 heteroatoms. The highest BCUT2D eigenvalue weighted by Gasteiger charge is 2.19. The Kier molecular flexibility index (Phi) is 5.58. The van der Waals surface area contributed by atoms with Gasteiger partial charge in [0, 0.05) is 45.6 Å². The smallest absolute Gasteiger partial charge is 0.267 e. The SMILES string of the molecule is [2H]C([2H])([2H])c1cccc(Cl)c1NC(=O)c1cnc(Nc2cc(N3CCN(C([2H])([2H])CO)CC3)nc(C)n2)s1. The molecule has 174 valence electrons. The summed E-state index contributed by atoms with van der Waals surface area (Å²) in [4.78, 5) is 29.8. The van der Waals surface area contributed by atoms with E-state index in [1.54, 1.807) is 17.9 Å². The van der Waals surface area contributed by atoms with Crippen LogP contribution in [-0.4, -0.2) is 70.1 Å². The first-order chi connectivity index (χ1) is 17.9. The molecule has 9 nitrogen and oxygen atoms in total. The number of amides is 1. The molecule has 3 heterocycles. The number of carbonyl (C=O) groups is 1. The standard InChI is InChI=1S/C22H26ClN7O2S/c1-14-4-3-5-16(23)20(14)28-21(32)17-13-24-22(33-17)27-18-12-19(26-15(2)25-18)30-8-6-29(7-9-30)10-11-31/h3-5,12-13,31H,6-11H2,1-2H3,(H,28,32)(H,24,25,26,27)/i1D3,10D2. The fraction of sp³-hybridized carbons (Fsp3) is 0.364. The van der Waals surface area contributed by atoms with Crippen LogP contribution in [0.1, 0.15) is 27.9 Å². The van der Waals surface area contributed by atoms with E-state index in [4.69, 9.17) is 18.5 Å². The van der Waals surface area contributed by atoms with Crippen molar-refractivity contribution in [3.8, 4) is 0 Å². The number of anilines is 4. The molecule has 0 aliphatic carbocycles. The van der Waals surface area contributed by atoms with Crippen LogP contribution in [0.5, 0.6) is 0 Å². The quantitative estimate of drug-likeness (QED) is 0.461. The molecule has 0 unspecified atom stereocenters. The molecule has 1 fully saturated rings. The first-order valence-electron chi connectivity index (χ1n) is 12.7. The molecule has 0 radical (unpaired) electrons. The zero-order valence-electron chi connectivity index (χ0n) is 22.8. The average molecular weight is 493 g/mol. The second kappa shape index (κ2) is 10.4. The third-order valence-electron chi connectivity index (χ3n) is 4.94. The summed E-state index contributed by atoms with van der Waals surface area (Å²) in [5.74, 6) is 1.10. The number of hydrogen-bond acceptors (Lipinski definition) is 9. The summed E-state index contributed by atoms with van der Waals surface area (Å²) in [7, 11) is 0. The molecule has 33 heavy (non-hydrogen) atoms. The van der Waals surface area contributed by atoms with Crippen LogP contribution in [0.25, 0.3) is 0 Å². The lowest BCUT2D eigenvalue weighted by atomic mass is 10.2. The molecule has 0 bridgehead atoms. The van der Waals surface area contributed by atoms with Gasteiger partial charge in [-0.15, -0.1) is 0 Å². The molecule has 3 aromatic rings. The number of carbonyl (C=O) groups excluding carboxylic acids is 1. The average Bonchev–Trinajstić information content (AvgIpc) is 3.33. The van der Waals surface area contributed by atoms with Gasteiger partial charge >= 0.3 is 0 Å². The molecule has 1 aromatic carbocycles. The van der Waals surface area contributed by atoms with E-state index < -0.39 is 25.9 Å². The number of nitrogens with zero attached hydrogens (tertiary/aromatic N) is 5. The molecule has 3 N–H and O–H groups in total. The Morgan fingerprint density at radius 3 is 2.91 bits per heavy atom. The minimum atomic E-state index is -2.45. The largest absolute Gasteiger partial charge is 0.395 e. The van der Waals surface area contributed by atoms with E-state index in [1.165, 1.54) is 24.4 Å². The fourth-order valence-electron chi connectivity index (χ4n) is 3.34. The number of β-amino-alcohol motifs (C(OH)–C–C–N with tert-alkyl or cyclic N) is 1. The number of aryl methyl sites for hydroxylation is 2. The van der Waals surface area contributed by atoms with Crippen LogP contribution in [0.15, 0.2) is 30.5 Å². The zero-order valence-corrected chi connectivity index (χ0v) is 19.4. The number of aliphatic hydroxyl groups excluding tert-OH is 1. The number of thiazole rings is 1. The number of benzene rings is 1. The van der Waals surface area contributed by atoms with E-state index in [0.717, 1.165) is 11.3 Å². The topological polar surface area (TPSA) is 107 Å². The number of hydrogen-bond donors (Lipinski definition) is 3. The van der Waals surface area contributed by atoms with Gasteiger partial charge in [0.25, 0.3) is 5.91 Å². The number of rotatable bonds is 7. The van der Waals surface area contributed by atoms with Crippen molar-refractivity contribution >= 4 is 51.3 Å². The van der Waals surface area contributed by atoms with Crippen molar-refractivity contribution in [3.05, 3.63) is 51.7 Å². The lowest BCUT2D eigenvalue weighted by Gasteiger charge is -2.35. The third-order valence-corrected chi connectivity index (χ3v) is 6.17. The minimum Gasteiger partial charge on any atom is -0.395 e. The highest BCUT2D eigenvalue weighted by atomic mass is 35.5. The molecule has 0 spiro atoms. The summed E-state index contributed by atoms with van der Waals surface area (Å²) in [6, 6.07) is 6.16. The summed E-state index contributed by atoms with van der Waals surface area (Å²) in [5.41, 5.74) is -0.0242. The van der Waals surface area contributed by atoms with Crippen molar-refractivity contribution in [2.45, 2.75) is 13.8 Å². The second-order valence-corrected chi connectivity index (χ2v) is 8.66. The van der Waals surface area contributed by atoms with Gasteiger partial charge in [0.2, 0.25) is 0 Å². The number of aromatic nitrogens is 3. The van der Waals surface area contributed by atoms with Gasteiger partial charge in [0.05, 0.1) is 23.5 Å². The Labute approximate surface area is 208 Å². The van der Waals surface area contributed by atoms with E-state index in [0.29, 0.717) is 48.8 Å². The van der Waals surface area contributed by atoms with Crippen LogP contribution in [0.3, 0.4) is 0 Å². The van der Waals surface area contributed by atoms with Gasteiger partial charge in [0.1, 0.15) is 22.3 Å². The predicted octanol–water partition coefficient (Wildman–Crippen LogP) is 3.31. The van der Waals surface area contributed by atoms with Gasteiger partial charge in [-0.25, -0.2) is 15.0 Å². The van der Waals surface area contributed by atoms with Gasteiger partial charge in [-0.2, -0.15) is 0 Å². The summed E-state index contributed by atoms with van der Waals surface area (Å²) < 4.78 is 38.9. The zero-order chi connectivity index (χ0) is 27.7. The molecule has 1 aliphatic rings. The van der Waals surface area contributed by atoms with Crippen molar-refractivity contribution in [1.82, 2.24) is 19.9 Å². The third kappa shape index (κ3) is 5.77. The molecule has 2 aromatic heterocycles. The molecule has 1 amide bonds. The maximum Gasteiger partial charge on any atom is 0.267 e. The van der Waals surface area contributed by atoms with Crippen LogP contribution < -0.4 is 15.5 Å². The summed E-state index contributed by atoms with van der Waals surface area (Å²) >= 11 is 7.23. The normalized spacial score (nSPS) is 17.4. The van der Waals surface area contributed by atoms with Gasteiger partial charge in [0.15, 0.2) is 5.13 Å². The number of nitrogens with one attached hydrogen (secondary N) is 2. The van der Waals surface area contributed by atoms with Crippen LogP contribution in [0.2, 0.25) is 5.02 Å². The molecular formula is C22H26ClN7O2S. The van der Waals surface area contributed by atoms with E-state index in [2.05, 4.69) is 25.6 Å². The van der Waals surface area contributed by atoms with E-state index in [9.17, 15) is 9.90 Å². The number of aliphatic hydroxyl groups is 1. The number of halogens is 1. The Morgan fingerprint density at radius 1 is 1.33 bits per heavy atom. The van der Waals surface area contributed by atoms with Gasteiger partial charge in [-0.1, -0.05) is 35.1 Å². The highest BCUT2D eigenvalue weighted by Crippen LogP contribution is 2.28. The maximum atomic E-state index is 12.9. The molecular weight excluding hydrogens is 462 g/mol. The Balaban J connectivity index is 1.45. The molecule has 0 saturated carbocycles. The first-order valence-corrected chi connectivity index (χ1v) is 11.4. The van der Waals surface area contributed by atoms with Crippen LogP contribution >= 0.6 is 22.9 Å². The first kappa shape index (κ1) is 17.7. The van der Waals surface area contributed by atoms with Crippen LogP contribution in [0.4, 0.5) is 22.5 Å². The van der Waals surface area contributed by atoms with Crippen molar-refractivity contribution < 1.29 is 16.8 Å². The Bertz CT molecular complexity index is 1320. The molecule has 4 rings (SSSR count). The van der Waals surface area contributed by atoms with Crippen LogP contribution in [0, 0.1) is 13.8 Å². The molecule has 1 aliphatic heterocycles. The van der Waals surface area contributed by atoms with Crippen LogP contribution in [-0.2, 0) is 0 Å². The Morgan fingerprint density at radius 2 is 2.15 bits per heavy atom. The van der Waals surface area contributed by atoms with Gasteiger partial charge < -0.3 is 20.6 Å². The van der Waals surface area contributed by atoms with E-state index in [-0.39, 0.29) is 21.2 Å². The van der Waals surface area contributed by atoms with Crippen molar-refractivity contribution in [2.24, 2.45) is 0 Å². The number of para-hydroxylation sites is 1. The lowest BCUT2D eigenvalue weighted by molar-refractivity contribution is 0.103. The van der Waals surface area contributed by atoms with Crippen molar-refractivity contribution in [3.63, 3.8) is 0 Å². The van der Waals surface area contributed by atoms with Gasteiger partial charge in [-0.05, 0) is 25.4 Å². The summed E-state index contributed by atoms with van der Waals surface area (Å²) in [6.45, 7) is -1.13. The van der Waals surface area contributed by atoms with Gasteiger partial charge in [-0.3, -0.25) is 9.69 Å². The maximum absolute atomic E-state index is 12.9. The highest BCUT2D eigenvalue weighted by molar-refractivity contribution is 7.17. The van der Waals surface area contributed by atoms with Crippen molar-refractivity contribution in [2.75, 3.05) is 54.8 Å². The molecule has 0 atom stereocenters. The second-order valence-electron chi connectivity index (χ2n) is 7.22. The van der Waals surface area contributed by atoms with Crippen molar-refractivity contribution in [1.29, 1.82) is 0 Å². The minimum absolute atomic E-state index is 0.0327. The molecule has 1 saturated heterocycles. The number of piperazine rings is 1. The summed E-state index contributed by atoms with van der Waals surface area (Å²) in [5, 5.41) is 15.5. The Hall–Kier alpha value is -2.79.